The van der Waals surface area contributed by atoms with Gasteiger partial charge in [-0.1, -0.05) is 29.8 Å². The average Bonchev–Trinajstić information content (AvgIpc) is 2.32. The van der Waals surface area contributed by atoms with E-state index in [-0.39, 0.29) is 5.82 Å². The maximum atomic E-state index is 8.89. The van der Waals surface area contributed by atoms with Gasteiger partial charge in [0.2, 0.25) is 0 Å². The molecule has 18 heavy (non-hydrogen) atoms. The Kier molecular flexibility index (Phi) is 3.45. The summed E-state index contributed by atoms with van der Waals surface area (Å²) in [6.07, 6.45) is 0.496. The Balaban J connectivity index is 2.37. The smallest absolute Gasteiger partial charge is 0.145 e. The fourth-order valence-electron chi connectivity index (χ4n) is 1.68. The SMILES string of the molecule is Cc1nc(Cc2ccccc2Cl)nc(N)c1C#N. The first-order valence-electron chi connectivity index (χ1n) is 5.38. The molecule has 0 fully saturated rings. The average molecular weight is 259 g/mol. The van der Waals surface area contributed by atoms with Gasteiger partial charge in [-0.2, -0.15) is 5.26 Å². The first-order valence-corrected chi connectivity index (χ1v) is 5.76. The number of hydrogen-bond acceptors (Lipinski definition) is 4. The highest BCUT2D eigenvalue weighted by atomic mass is 35.5. The van der Waals surface area contributed by atoms with Crippen molar-refractivity contribution in [2.45, 2.75) is 13.3 Å². The van der Waals surface area contributed by atoms with Gasteiger partial charge in [0.05, 0.1) is 5.69 Å². The molecule has 0 spiro atoms. The molecular formula is C13H11ClN4. The fraction of sp³-hybridized carbons (Fsp3) is 0.154. The summed E-state index contributed by atoms with van der Waals surface area (Å²) in [4.78, 5) is 8.40. The molecule has 0 atom stereocenters. The van der Waals surface area contributed by atoms with Crippen LogP contribution < -0.4 is 5.73 Å². The Morgan fingerprint density at radius 2 is 2.06 bits per heavy atom. The molecule has 5 heteroatoms. The second-order valence-electron chi connectivity index (χ2n) is 3.87. The van der Waals surface area contributed by atoms with Crippen LogP contribution >= 0.6 is 11.6 Å². The predicted octanol–water partition coefficient (Wildman–Crippen LogP) is 2.48. The second-order valence-corrected chi connectivity index (χ2v) is 4.27. The predicted molar refractivity (Wildman–Crippen MR) is 70.2 cm³/mol. The Morgan fingerprint density at radius 3 is 2.67 bits per heavy atom. The molecule has 2 aromatic rings. The maximum Gasteiger partial charge on any atom is 0.145 e. The molecule has 0 amide bonds. The Morgan fingerprint density at radius 1 is 1.33 bits per heavy atom. The summed E-state index contributed by atoms with van der Waals surface area (Å²) in [5.74, 6) is 0.782. The number of hydrogen-bond donors (Lipinski definition) is 1. The van der Waals surface area contributed by atoms with Crippen molar-refractivity contribution >= 4 is 17.4 Å². The standard InChI is InChI=1S/C13H11ClN4/c1-8-10(7-15)13(16)18-12(17-8)6-9-4-2-3-5-11(9)14/h2-5H,6H2,1H3,(H2,16,17,18). The summed E-state index contributed by atoms with van der Waals surface area (Å²) in [5, 5.41) is 9.56. The van der Waals surface area contributed by atoms with Crippen LogP contribution in [0.3, 0.4) is 0 Å². The van der Waals surface area contributed by atoms with Gasteiger partial charge in [0.15, 0.2) is 0 Å². The van der Waals surface area contributed by atoms with Crippen molar-refractivity contribution in [2.24, 2.45) is 0 Å². The van der Waals surface area contributed by atoms with E-state index in [9.17, 15) is 0 Å². The van der Waals surface area contributed by atoms with Gasteiger partial charge in [0.25, 0.3) is 0 Å². The van der Waals surface area contributed by atoms with Gasteiger partial charge < -0.3 is 5.73 Å². The molecular weight excluding hydrogens is 248 g/mol. The van der Waals surface area contributed by atoms with E-state index in [1.54, 1.807) is 6.92 Å². The van der Waals surface area contributed by atoms with E-state index < -0.39 is 0 Å². The molecule has 1 heterocycles. The minimum absolute atomic E-state index is 0.215. The van der Waals surface area contributed by atoms with Gasteiger partial charge in [0, 0.05) is 11.4 Å². The largest absolute Gasteiger partial charge is 0.382 e. The lowest BCUT2D eigenvalue weighted by Crippen LogP contribution is -2.06. The first-order chi connectivity index (χ1) is 8.61. The van der Waals surface area contributed by atoms with Crippen molar-refractivity contribution in [3.8, 4) is 6.07 Å². The van der Waals surface area contributed by atoms with E-state index in [0.29, 0.717) is 28.5 Å². The molecule has 1 aromatic carbocycles. The van der Waals surface area contributed by atoms with Gasteiger partial charge in [-0.05, 0) is 18.6 Å². The van der Waals surface area contributed by atoms with Crippen molar-refractivity contribution in [3.63, 3.8) is 0 Å². The lowest BCUT2D eigenvalue weighted by molar-refractivity contribution is 0.943. The van der Waals surface area contributed by atoms with E-state index in [4.69, 9.17) is 22.6 Å². The van der Waals surface area contributed by atoms with Gasteiger partial charge >= 0.3 is 0 Å². The van der Waals surface area contributed by atoms with Crippen LogP contribution in [0.15, 0.2) is 24.3 Å². The van der Waals surface area contributed by atoms with E-state index in [2.05, 4.69) is 9.97 Å². The first kappa shape index (κ1) is 12.3. The van der Waals surface area contributed by atoms with Crippen LogP contribution in [-0.4, -0.2) is 9.97 Å². The molecule has 0 saturated heterocycles. The third-order valence-corrected chi connectivity index (χ3v) is 2.95. The van der Waals surface area contributed by atoms with Crippen LogP contribution in [0.25, 0.3) is 0 Å². The van der Waals surface area contributed by atoms with Crippen LogP contribution in [0.5, 0.6) is 0 Å². The molecule has 0 unspecified atom stereocenters. The van der Waals surface area contributed by atoms with Gasteiger partial charge in [-0.3, -0.25) is 0 Å². The van der Waals surface area contributed by atoms with Crippen molar-refractivity contribution in [3.05, 3.63) is 51.9 Å². The molecule has 0 saturated carbocycles. The van der Waals surface area contributed by atoms with Gasteiger partial charge in [0.1, 0.15) is 23.3 Å². The molecule has 0 aliphatic rings. The lowest BCUT2D eigenvalue weighted by Gasteiger charge is -2.06. The number of nitrogens with zero attached hydrogens (tertiary/aromatic N) is 3. The molecule has 90 valence electrons. The summed E-state index contributed by atoms with van der Waals surface area (Å²) in [7, 11) is 0. The number of halogens is 1. The second kappa shape index (κ2) is 5.03. The summed E-state index contributed by atoms with van der Waals surface area (Å²) in [5.41, 5.74) is 7.57. The fourth-order valence-corrected chi connectivity index (χ4v) is 1.89. The van der Waals surface area contributed by atoms with Crippen LogP contribution in [0, 0.1) is 18.3 Å². The van der Waals surface area contributed by atoms with E-state index in [1.807, 2.05) is 30.3 Å². The van der Waals surface area contributed by atoms with Crippen molar-refractivity contribution in [2.75, 3.05) is 5.73 Å². The van der Waals surface area contributed by atoms with Crippen LogP contribution in [0.1, 0.15) is 22.6 Å². The quantitative estimate of drug-likeness (QED) is 0.898. The monoisotopic (exact) mass is 258 g/mol. The number of rotatable bonds is 2. The number of benzene rings is 1. The molecule has 2 rings (SSSR count). The topological polar surface area (TPSA) is 75.6 Å². The van der Waals surface area contributed by atoms with Gasteiger partial charge in [-0.15, -0.1) is 0 Å². The molecule has 0 bridgehead atoms. The molecule has 0 aliphatic heterocycles. The highest BCUT2D eigenvalue weighted by Gasteiger charge is 2.10. The van der Waals surface area contributed by atoms with E-state index in [1.165, 1.54) is 0 Å². The zero-order chi connectivity index (χ0) is 13.1. The van der Waals surface area contributed by atoms with Crippen LogP contribution in [-0.2, 0) is 6.42 Å². The Bertz CT molecular complexity index is 608. The molecule has 4 nitrogen and oxygen atoms in total. The number of aromatic nitrogens is 2. The number of aryl methyl sites for hydroxylation is 1. The number of nitrogen functional groups attached to an aromatic ring is 1. The highest BCUT2D eigenvalue weighted by Crippen LogP contribution is 2.19. The number of nitrogens with two attached hydrogens (primary N) is 1. The summed E-state index contributed by atoms with van der Waals surface area (Å²) < 4.78 is 0. The third-order valence-electron chi connectivity index (χ3n) is 2.58. The Hall–Kier alpha value is -2.12. The van der Waals surface area contributed by atoms with Crippen LogP contribution in [0.2, 0.25) is 5.02 Å². The van der Waals surface area contributed by atoms with Crippen molar-refractivity contribution < 1.29 is 0 Å². The highest BCUT2D eigenvalue weighted by molar-refractivity contribution is 6.31. The van der Waals surface area contributed by atoms with Gasteiger partial charge in [-0.25, -0.2) is 9.97 Å². The number of nitriles is 1. The van der Waals surface area contributed by atoms with E-state index >= 15 is 0 Å². The maximum absolute atomic E-state index is 8.89. The zero-order valence-electron chi connectivity index (χ0n) is 9.81. The molecule has 0 aliphatic carbocycles. The van der Waals surface area contributed by atoms with Crippen molar-refractivity contribution in [1.29, 1.82) is 5.26 Å². The minimum Gasteiger partial charge on any atom is -0.382 e. The Labute approximate surface area is 110 Å². The normalized spacial score (nSPS) is 10.1. The summed E-state index contributed by atoms with van der Waals surface area (Å²) in [6, 6.07) is 9.49. The summed E-state index contributed by atoms with van der Waals surface area (Å²) >= 11 is 6.07. The van der Waals surface area contributed by atoms with E-state index in [0.717, 1.165) is 5.56 Å². The molecule has 1 aromatic heterocycles. The lowest BCUT2D eigenvalue weighted by atomic mass is 10.1. The third kappa shape index (κ3) is 2.41. The minimum atomic E-state index is 0.215. The molecule has 2 N–H and O–H groups in total. The zero-order valence-corrected chi connectivity index (χ0v) is 10.6. The molecule has 0 radical (unpaired) electrons. The number of anilines is 1. The van der Waals surface area contributed by atoms with Crippen LogP contribution in [0.4, 0.5) is 5.82 Å². The summed E-state index contributed by atoms with van der Waals surface area (Å²) in [6.45, 7) is 1.74. The van der Waals surface area contributed by atoms with Crippen molar-refractivity contribution in [1.82, 2.24) is 9.97 Å².